The molecule has 144 valence electrons. The van der Waals surface area contributed by atoms with Gasteiger partial charge in [0.05, 0.1) is 0 Å². The molecule has 0 saturated heterocycles. The SMILES string of the molecule is CCN(c1cccc(C)c1)c1cc(Nc2ccc3c(c2)OCCO3)nc(C)n1. The third-order valence-electron chi connectivity index (χ3n) is 4.55. The first-order valence-corrected chi connectivity index (χ1v) is 9.49. The summed E-state index contributed by atoms with van der Waals surface area (Å²) in [5.41, 5.74) is 3.23. The van der Waals surface area contributed by atoms with Crippen molar-refractivity contribution in [2.45, 2.75) is 20.8 Å². The minimum atomic E-state index is 0.565. The molecular formula is C22H24N4O2. The van der Waals surface area contributed by atoms with Crippen LogP contribution >= 0.6 is 0 Å². The number of fused-ring (bicyclic) bond motifs is 1. The van der Waals surface area contributed by atoms with Crippen molar-refractivity contribution in [3.05, 3.63) is 59.9 Å². The van der Waals surface area contributed by atoms with Crippen molar-refractivity contribution in [1.29, 1.82) is 0 Å². The summed E-state index contributed by atoms with van der Waals surface area (Å²) in [5, 5.41) is 3.36. The van der Waals surface area contributed by atoms with Gasteiger partial charge in [-0.1, -0.05) is 12.1 Å². The lowest BCUT2D eigenvalue weighted by Gasteiger charge is -2.23. The van der Waals surface area contributed by atoms with Gasteiger partial charge in [-0.3, -0.25) is 0 Å². The molecule has 0 amide bonds. The lowest BCUT2D eigenvalue weighted by molar-refractivity contribution is 0.171. The lowest BCUT2D eigenvalue weighted by atomic mass is 10.2. The molecule has 1 N–H and O–H groups in total. The number of anilines is 4. The highest BCUT2D eigenvalue weighted by molar-refractivity contribution is 5.67. The van der Waals surface area contributed by atoms with E-state index in [-0.39, 0.29) is 0 Å². The monoisotopic (exact) mass is 376 g/mol. The third-order valence-corrected chi connectivity index (χ3v) is 4.55. The Morgan fingerprint density at radius 2 is 1.79 bits per heavy atom. The molecule has 1 aliphatic rings. The molecule has 28 heavy (non-hydrogen) atoms. The molecule has 1 aromatic heterocycles. The average Bonchev–Trinajstić information content (AvgIpc) is 2.68. The van der Waals surface area contributed by atoms with Crippen molar-refractivity contribution in [1.82, 2.24) is 9.97 Å². The predicted octanol–water partition coefficient (Wildman–Crippen LogP) is 4.77. The largest absolute Gasteiger partial charge is 0.486 e. The summed E-state index contributed by atoms with van der Waals surface area (Å²) in [6.45, 7) is 8.08. The maximum absolute atomic E-state index is 5.67. The lowest BCUT2D eigenvalue weighted by Crippen LogP contribution is -2.18. The summed E-state index contributed by atoms with van der Waals surface area (Å²) in [4.78, 5) is 11.4. The van der Waals surface area contributed by atoms with Gasteiger partial charge >= 0.3 is 0 Å². The molecule has 0 radical (unpaired) electrons. The van der Waals surface area contributed by atoms with E-state index >= 15 is 0 Å². The van der Waals surface area contributed by atoms with Crippen LogP contribution in [0.3, 0.4) is 0 Å². The fourth-order valence-corrected chi connectivity index (χ4v) is 3.30. The second kappa shape index (κ2) is 7.76. The summed E-state index contributed by atoms with van der Waals surface area (Å²) in [5.74, 6) is 3.83. The summed E-state index contributed by atoms with van der Waals surface area (Å²) >= 11 is 0. The molecule has 0 saturated carbocycles. The van der Waals surface area contributed by atoms with E-state index in [2.05, 4.69) is 58.3 Å². The molecule has 4 rings (SSSR count). The standard InChI is InChI=1S/C22H24N4O2/c1-4-26(18-7-5-6-15(2)12-18)22-14-21(23-16(3)24-22)25-17-8-9-19-20(13-17)28-11-10-27-19/h5-9,12-14H,4,10-11H2,1-3H3,(H,23,24,25). The summed E-state index contributed by atoms with van der Waals surface area (Å²) in [7, 11) is 0. The molecule has 6 nitrogen and oxygen atoms in total. The van der Waals surface area contributed by atoms with Crippen LogP contribution in [0.4, 0.5) is 23.0 Å². The molecule has 0 fully saturated rings. The van der Waals surface area contributed by atoms with Gasteiger partial charge in [-0.15, -0.1) is 0 Å². The van der Waals surface area contributed by atoms with Crippen molar-refractivity contribution in [2.75, 3.05) is 30.0 Å². The Hall–Kier alpha value is -3.28. The molecule has 0 bridgehead atoms. The minimum absolute atomic E-state index is 0.565. The number of nitrogens with zero attached hydrogens (tertiary/aromatic N) is 3. The average molecular weight is 376 g/mol. The molecule has 2 aromatic carbocycles. The van der Waals surface area contributed by atoms with E-state index in [1.165, 1.54) is 5.56 Å². The van der Waals surface area contributed by atoms with Crippen molar-refractivity contribution in [2.24, 2.45) is 0 Å². The molecule has 2 heterocycles. The van der Waals surface area contributed by atoms with E-state index < -0.39 is 0 Å². The van der Waals surface area contributed by atoms with Gasteiger partial charge in [0, 0.05) is 30.1 Å². The van der Waals surface area contributed by atoms with E-state index in [4.69, 9.17) is 9.47 Å². The number of aryl methyl sites for hydroxylation is 2. The van der Waals surface area contributed by atoms with Crippen molar-refractivity contribution in [3.63, 3.8) is 0 Å². The summed E-state index contributed by atoms with van der Waals surface area (Å²) in [6.07, 6.45) is 0. The van der Waals surface area contributed by atoms with E-state index in [9.17, 15) is 0 Å². The maximum atomic E-state index is 5.67. The Bertz CT molecular complexity index is 990. The van der Waals surface area contributed by atoms with Crippen molar-refractivity contribution >= 4 is 23.0 Å². The second-order valence-electron chi connectivity index (χ2n) is 6.73. The van der Waals surface area contributed by atoms with Gasteiger partial charge in [0.2, 0.25) is 0 Å². The number of rotatable bonds is 5. The normalized spacial score (nSPS) is 12.5. The molecule has 6 heteroatoms. The zero-order valence-corrected chi connectivity index (χ0v) is 16.4. The van der Waals surface area contributed by atoms with Gasteiger partial charge in [-0.05, 0) is 50.6 Å². The van der Waals surface area contributed by atoms with Gasteiger partial charge in [0.1, 0.15) is 30.7 Å². The van der Waals surface area contributed by atoms with Crippen LogP contribution in [0, 0.1) is 13.8 Å². The highest BCUT2D eigenvalue weighted by Gasteiger charge is 2.14. The van der Waals surface area contributed by atoms with Gasteiger partial charge < -0.3 is 19.7 Å². The number of aromatic nitrogens is 2. The van der Waals surface area contributed by atoms with E-state index in [1.54, 1.807) is 0 Å². The zero-order chi connectivity index (χ0) is 19.5. The highest BCUT2D eigenvalue weighted by atomic mass is 16.6. The fourth-order valence-electron chi connectivity index (χ4n) is 3.30. The molecule has 0 spiro atoms. The first kappa shape index (κ1) is 18.1. The summed E-state index contributed by atoms with van der Waals surface area (Å²) < 4.78 is 11.3. The fraction of sp³-hybridized carbons (Fsp3) is 0.273. The van der Waals surface area contributed by atoms with E-state index in [1.807, 2.05) is 31.2 Å². The number of benzene rings is 2. The van der Waals surface area contributed by atoms with Gasteiger partial charge in [0.15, 0.2) is 11.5 Å². The molecule has 1 aliphatic heterocycles. The Morgan fingerprint density at radius 1 is 0.964 bits per heavy atom. The van der Waals surface area contributed by atoms with Crippen LogP contribution in [-0.2, 0) is 0 Å². The smallest absolute Gasteiger partial charge is 0.163 e. The van der Waals surface area contributed by atoms with Crippen molar-refractivity contribution in [3.8, 4) is 11.5 Å². The Labute approximate surface area is 165 Å². The van der Waals surface area contributed by atoms with Crippen LogP contribution in [0.1, 0.15) is 18.3 Å². The highest BCUT2D eigenvalue weighted by Crippen LogP contribution is 2.34. The molecule has 0 aliphatic carbocycles. The predicted molar refractivity (Wildman–Crippen MR) is 111 cm³/mol. The Morgan fingerprint density at radius 3 is 2.57 bits per heavy atom. The zero-order valence-electron chi connectivity index (χ0n) is 16.4. The quantitative estimate of drug-likeness (QED) is 0.692. The number of hydrogen-bond donors (Lipinski definition) is 1. The van der Waals surface area contributed by atoms with Gasteiger partial charge in [0.25, 0.3) is 0 Å². The van der Waals surface area contributed by atoms with Crippen molar-refractivity contribution < 1.29 is 9.47 Å². The number of ether oxygens (including phenoxy) is 2. The molecular weight excluding hydrogens is 352 g/mol. The van der Waals surface area contributed by atoms with E-state index in [0.717, 1.165) is 41.1 Å². The Balaban J connectivity index is 1.63. The molecule has 3 aromatic rings. The topological polar surface area (TPSA) is 59.5 Å². The van der Waals surface area contributed by atoms with Crippen LogP contribution in [0.15, 0.2) is 48.5 Å². The van der Waals surface area contributed by atoms with Crippen LogP contribution < -0.4 is 19.7 Å². The summed E-state index contributed by atoms with van der Waals surface area (Å²) in [6, 6.07) is 16.2. The van der Waals surface area contributed by atoms with Crippen LogP contribution in [0.5, 0.6) is 11.5 Å². The van der Waals surface area contributed by atoms with Gasteiger partial charge in [-0.25, -0.2) is 9.97 Å². The van der Waals surface area contributed by atoms with Crippen LogP contribution in [-0.4, -0.2) is 29.7 Å². The van der Waals surface area contributed by atoms with E-state index in [0.29, 0.717) is 19.0 Å². The number of hydrogen-bond acceptors (Lipinski definition) is 6. The first-order chi connectivity index (χ1) is 13.6. The third kappa shape index (κ3) is 3.86. The van der Waals surface area contributed by atoms with Crippen LogP contribution in [0.2, 0.25) is 0 Å². The maximum Gasteiger partial charge on any atom is 0.163 e. The molecule has 0 unspecified atom stereocenters. The van der Waals surface area contributed by atoms with Crippen LogP contribution in [0.25, 0.3) is 0 Å². The number of nitrogens with one attached hydrogen (secondary N) is 1. The minimum Gasteiger partial charge on any atom is -0.486 e. The first-order valence-electron chi connectivity index (χ1n) is 9.49. The molecule has 0 atom stereocenters. The second-order valence-corrected chi connectivity index (χ2v) is 6.73. The Kier molecular flexibility index (Phi) is 5.02. The van der Waals surface area contributed by atoms with Gasteiger partial charge in [-0.2, -0.15) is 0 Å².